The molecule has 0 aromatic carbocycles. The van der Waals surface area contributed by atoms with Gasteiger partial charge in [-0.2, -0.15) is 0 Å². The van der Waals surface area contributed by atoms with Gasteiger partial charge in [-0.1, -0.05) is 32.4 Å². The molecule has 2 aliphatic carbocycles. The van der Waals surface area contributed by atoms with Crippen LogP contribution in [-0.4, -0.2) is 30.2 Å². The topological polar surface area (TPSA) is 46.5 Å². The van der Waals surface area contributed by atoms with E-state index in [1.807, 2.05) is 6.92 Å². The quantitative estimate of drug-likeness (QED) is 0.669. The summed E-state index contributed by atoms with van der Waals surface area (Å²) in [7, 11) is 0. The van der Waals surface area contributed by atoms with Crippen LogP contribution >= 0.6 is 0 Å². The van der Waals surface area contributed by atoms with Gasteiger partial charge in [-0.15, -0.1) is 0 Å². The Morgan fingerprint density at radius 3 is 2.71 bits per heavy atom. The molecule has 1 saturated carbocycles. The van der Waals surface area contributed by atoms with E-state index in [0.29, 0.717) is 36.8 Å². The van der Waals surface area contributed by atoms with E-state index in [9.17, 15) is 9.90 Å². The Morgan fingerprint density at radius 2 is 2.12 bits per heavy atom. The zero-order valence-corrected chi connectivity index (χ0v) is 16.2. The Hall–Kier alpha value is -0.670. The largest absolute Gasteiger partial charge is 0.391 e. The maximum Gasteiger partial charge on any atom is 0.133 e. The maximum absolute atomic E-state index is 12.2. The third-order valence-electron chi connectivity index (χ3n) is 6.81. The summed E-state index contributed by atoms with van der Waals surface area (Å²) in [5, 5.41) is 10.5. The number of carbonyl (C=O) groups excluding carboxylic acids is 1. The van der Waals surface area contributed by atoms with E-state index in [1.54, 1.807) is 6.92 Å². The minimum absolute atomic E-state index is 0.0682. The standard InChI is InChI=1S/C21H36O3/c1-6-14(3)17-10-11-21(5)19(15(4)22)8-9-20(21)18(17)12-16(23)13-24-7-2/h10,14,16,18-20,23H,6-9,11-13H2,1-5H3/t14?,16?,18-,19-,20+,21-/m1/s1. The maximum atomic E-state index is 12.2. The number of fused-ring (bicyclic) bond motifs is 1. The number of carbonyl (C=O) groups is 1. The van der Waals surface area contributed by atoms with Crippen LogP contribution in [0.15, 0.2) is 11.6 Å². The average Bonchev–Trinajstić information content (AvgIpc) is 2.90. The summed E-state index contributed by atoms with van der Waals surface area (Å²) in [5.41, 5.74) is 1.58. The summed E-state index contributed by atoms with van der Waals surface area (Å²) in [6.45, 7) is 11.6. The van der Waals surface area contributed by atoms with Gasteiger partial charge in [-0.3, -0.25) is 4.79 Å². The Balaban J connectivity index is 2.26. The van der Waals surface area contributed by atoms with Gasteiger partial charge >= 0.3 is 0 Å². The van der Waals surface area contributed by atoms with Crippen molar-refractivity contribution in [2.24, 2.45) is 29.1 Å². The highest BCUT2D eigenvalue weighted by molar-refractivity contribution is 5.79. The molecule has 2 rings (SSSR count). The minimum atomic E-state index is -0.416. The third-order valence-corrected chi connectivity index (χ3v) is 6.81. The smallest absolute Gasteiger partial charge is 0.133 e. The van der Waals surface area contributed by atoms with Gasteiger partial charge < -0.3 is 9.84 Å². The molecular formula is C21H36O3. The summed E-state index contributed by atoms with van der Waals surface area (Å²) in [5.74, 6) is 1.98. The van der Waals surface area contributed by atoms with Crippen LogP contribution in [0, 0.1) is 29.1 Å². The lowest BCUT2D eigenvalue weighted by atomic mass is 9.58. The van der Waals surface area contributed by atoms with E-state index in [2.05, 4.69) is 26.8 Å². The Labute approximate surface area is 147 Å². The molecule has 1 fully saturated rings. The molecule has 0 saturated heterocycles. The number of hydrogen-bond acceptors (Lipinski definition) is 3. The summed E-state index contributed by atoms with van der Waals surface area (Å²) < 4.78 is 5.43. The summed E-state index contributed by atoms with van der Waals surface area (Å²) in [6.07, 6.45) is 7.02. The monoisotopic (exact) mass is 336 g/mol. The molecule has 0 aliphatic heterocycles. The molecule has 138 valence electrons. The Morgan fingerprint density at radius 1 is 1.42 bits per heavy atom. The van der Waals surface area contributed by atoms with Gasteiger partial charge in [-0.25, -0.2) is 0 Å². The number of hydrogen-bond donors (Lipinski definition) is 1. The molecule has 2 aliphatic rings. The number of aliphatic hydroxyl groups excluding tert-OH is 1. The zero-order chi connectivity index (χ0) is 17.9. The van der Waals surface area contributed by atoms with E-state index in [0.717, 1.165) is 32.1 Å². The number of Topliss-reactive ketones (excluding diaryl/α,β-unsaturated/α-hetero) is 1. The van der Waals surface area contributed by atoms with Gasteiger partial charge in [-0.05, 0) is 69.1 Å². The summed E-state index contributed by atoms with van der Waals surface area (Å²) >= 11 is 0. The molecule has 24 heavy (non-hydrogen) atoms. The van der Waals surface area contributed by atoms with Gasteiger partial charge in [0.1, 0.15) is 5.78 Å². The predicted octanol–water partition coefficient (Wildman–Crippen LogP) is 4.39. The van der Waals surface area contributed by atoms with Crippen LogP contribution in [0.4, 0.5) is 0 Å². The van der Waals surface area contributed by atoms with Gasteiger partial charge in [0, 0.05) is 12.5 Å². The van der Waals surface area contributed by atoms with Crippen molar-refractivity contribution in [2.75, 3.05) is 13.2 Å². The summed E-state index contributed by atoms with van der Waals surface area (Å²) in [4.78, 5) is 12.2. The molecule has 0 radical (unpaired) electrons. The highest BCUT2D eigenvalue weighted by atomic mass is 16.5. The molecule has 0 aromatic rings. The number of ether oxygens (including phenoxy) is 1. The van der Waals surface area contributed by atoms with Crippen molar-refractivity contribution >= 4 is 5.78 Å². The number of rotatable bonds is 8. The van der Waals surface area contributed by atoms with Gasteiger partial charge in [0.15, 0.2) is 0 Å². The van der Waals surface area contributed by atoms with Crippen molar-refractivity contribution in [3.63, 3.8) is 0 Å². The van der Waals surface area contributed by atoms with E-state index >= 15 is 0 Å². The van der Waals surface area contributed by atoms with Crippen LogP contribution in [0.3, 0.4) is 0 Å². The first kappa shape index (κ1) is 19.7. The second kappa shape index (κ2) is 8.14. The van der Waals surface area contributed by atoms with Gasteiger partial charge in [0.05, 0.1) is 12.7 Å². The van der Waals surface area contributed by atoms with Crippen LogP contribution in [0.25, 0.3) is 0 Å². The highest BCUT2D eigenvalue weighted by Gasteiger charge is 2.53. The molecule has 3 heteroatoms. The second-order valence-electron chi connectivity index (χ2n) is 8.23. The van der Waals surface area contributed by atoms with Gasteiger partial charge in [0.25, 0.3) is 0 Å². The lowest BCUT2D eigenvalue weighted by Gasteiger charge is -2.46. The average molecular weight is 337 g/mol. The molecule has 3 nitrogen and oxygen atoms in total. The Bertz CT molecular complexity index is 470. The number of allylic oxidation sites excluding steroid dienone is 2. The molecule has 0 bridgehead atoms. The van der Waals surface area contributed by atoms with Crippen LogP contribution in [0.1, 0.15) is 66.7 Å². The van der Waals surface area contributed by atoms with Crippen molar-refractivity contribution in [1.29, 1.82) is 0 Å². The first-order valence-electron chi connectivity index (χ1n) is 9.81. The molecule has 1 N–H and O–H groups in total. The molecule has 2 unspecified atom stereocenters. The van der Waals surface area contributed by atoms with E-state index in [4.69, 9.17) is 4.74 Å². The number of ketones is 1. The zero-order valence-electron chi connectivity index (χ0n) is 16.2. The molecule has 0 spiro atoms. The third kappa shape index (κ3) is 3.77. The molecule has 0 heterocycles. The van der Waals surface area contributed by atoms with Crippen molar-refractivity contribution < 1.29 is 14.6 Å². The van der Waals surface area contributed by atoms with Crippen LogP contribution in [0.2, 0.25) is 0 Å². The van der Waals surface area contributed by atoms with E-state index in [1.165, 1.54) is 5.57 Å². The first-order valence-corrected chi connectivity index (χ1v) is 9.81. The van der Waals surface area contributed by atoms with Crippen LogP contribution in [-0.2, 0) is 9.53 Å². The lowest BCUT2D eigenvalue weighted by molar-refractivity contribution is -0.124. The van der Waals surface area contributed by atoms with Crippen molar-refractivity contribution in [3.8, 4) is 0 Å². The van der Waals surface area contributed by atoms with Gasteiger partial charge in [0.2, 0.25) is 0 Å². The normalized spacial score (nSPS) is 35.2. The van der Waals surface area contributed by atoms with Crippen molar-refractivity contribution in [2.45, 2.75) is 72.8 Å². The summed E-state index contributed by atoms with van der Waals surface area (Å²) in [6, 6.07) is 0. The SMILES string of the molecule is CCOCC(O)C[C@@H]1C(C(C)CC)=CC[C@]2(C)[C@@H](C(C)=O)CC[C@@H]12. The van der Waals surface area contributed by atoms with Crippen LogP contribution in [0.5, 0.6) is 0 Å². The van der Waals surface area contributed by atoms with Crippen molar-refractivity contribution in [3.05, 3.63) is 11.6 Å². The number of aliphatic hydroxyl groups is 1. The van der Waals surface area contributed by atoms with E-state index < -0.39 is 6.10 Å². The minimum Gasteiger partial charge on any atom is -0.391 e. The lowest BCUT2D eigenvalue weighted by Crippen LogP contribution is -2.41. The predicted molar refractivity (Wildman–Crippen MR) is 97.8 cm³/mol. The Kier molecular flexibility index (Phi) is 6.66. The van der Waals surface area contributed by atoms with E-state index in [-0.39, 0.29) is 11.3 Å². The van der Waals surface area contributed by atoms with Crippen LogP contribution < -0.4 is 0 Å². The fourth-order valence-corrected chi connectivity index (χ4v) is 5.33. The molecular weight excluding hydrogens is 300 g/mol. The highest BCUT2D eigenvalue weighted by Crippen LogP contribution is 2.59. The molecule has 0 amide bonds. The second-order valence-corrected chi connectivity index (χ2v) is 8.23. The molecule has 6 atom stereocenters. The van der Waals surface area contributed by atoms with Crippen molar-refractivity contribution in [1.82, 2.24) is 0 Å². The fraction of sp³-hybridized carbons (Fsp3) is 0.857. The fourth-order valence-electron chi connectivity index (χ4n) is 5.33. The first-order chi connectivity index (χ1) is 11.3. The molecule has 0 aromatic heterocycles.